The number of carbonyl (C=O) groups is 1. The Labute approximate surface area is 129 Å². The van der Waals surface area contributed by atoms with Crippen LogP contribution in [-0.4, -0.2) is 16.8 Å². The molecule has 2 aromatic rings. The Hall–Kier alpha value is -0.940. The molecule has 3 rings (SSSR count). The number of rotatable bonds is 2. The molecule has 1 aliphatic rings. The minimum absolute atomic E-state index is 0.0374. The van der Waals surface area contributed by atoms with Crippen LogP contribution in [0.2, 0.25) is 0 Å². The number of hydrogen-bond acceptors (Lipinski definition) is 2. The molecule has 1 aromatic heterocycles. The van der Waals surface area contributed by atoms with Crippen molar-refractivity contribution in [2.24, 2.45) is 0 Å². The molecule has 5 heteroatoms. The van der Waals surface area contributed by atoms with Crippen LogP contribution in [0.3, 0.4) is 0 Å². The van der Waals surface area contributed by atoms with Crippen LogP contribution in [0.25, 0.3) is 10.1 Å². The van der Waals surface area contributed by atoms with E-state index in [0.717, 1.165) is 35.8 Å². The fourth-order valence-corrected chi connectivity index (χ4v) is 4.09. The molecule has 1 saturated carbocycles. The van der Waals surface area contributed by atoms with E-state index in [4.69, 9.17) is 0 Å². The summed E-state index contributed by atoms with van der Waals surface area (Å²) in [7, 11) is 0. The number of thiophene rings is 1. The SMILES string of the molecule is O=C(NC1CCC(Br)CC1)c1cc2ccc(F)cc2s1. The van der Waals surface area contributed by atoms with Crippen LogP contribution in [0.5, 0.6) is 0 Å². The monoisotopic (exact) mass is 355 g/mol. The Morgan fingerprint density at radius 2 is 2.00 bits per heavy atom. The Morgan fingerprint density at radius 3 is 2.75 bits per heavy atom. The van der Waals surface area contributed by atoms with Crippen LogP contribution in [0.4, 0.5) is 4.39 Å². The average Bonchev–Trinajstić information content (AvgIpc) is 2.84. The normalized spacial score (nSPS) is 22.9. The minimum atomic E-state index is -0.262. The second kappa shape index (κ2) is 5.82. The maximum absolute atomic E-state index is 13.2. The lowest BCUT2D eigenvalue weighted by Crippen LogP contribution is -2.37. The molecule has 20 heavy (non-hydrogen) atoms. The molecule has 0 radical (unpaired) electrons. The summed E-state index contributed by atoms with van der Waals surface area (Å²) in [5.41, 5.74) is 0. The second-order valence-corrected chi connectivity index (χ2v) is 7.59. The zero-order chi connectivity index (χ0) is 14.1. The highest BCUT2D eigenvalue weighted by atomic mass is 79.9. The summed E-state index contributed by atoms with van der Waals surface area (Å²) in [6.07, 6.45) is 4.23. The van der Waals surface area contributed by atoms with Gasteiger partial charge in [0, 0.05) is 15.6 Å². The van der Waals surface area contributed by atoms with Crippen molar-refractivity contribution in [1.82, 2.24) is 5.32 Å². The van der Waals surface area contributed by atoms with Gasteiger partial charge in [-0.05, 0) is 49.3 Å². The van der Waals surface area contributed by atoms with E-state index in [1.54, 1.807) is 6.07 Å². The van der Waals surface area contributed by atoms with Gasteiger partial charge < -0.3 is 5.32 Å². The summed E-state index contributed by atoms with van der Waals surface area (Å²) in [6, 6.07) is 6.72. The molecule has 0 bridgehead atoms. The molecule has 1 aliphatic carbocycles. The van der Waals surface area contributed by atoms with Crippen molar-refractivity contribution >= 4 is 43.3 Å². The van der Waals surface area contributed by atoms with Gasteiger partial charge in [0.05, 0.1) is 4.88 Å². The van der Waals surface area contributed by atoms with Gasteiger partial charge in [0.1, 0.15) is 5.82 Å². The topological polar surface area (TPSA) is 29.1 Å². The molecule has 1 aromatic carbocycles. The van der Waals surface area contributed by atoms with Gasteiger partial charge in [-0.2, -0.15) is 0 Å². The minimum Gasteiger partial charge on any atom is -0.349 e. The van der Waals surface area contributed by atoms with Crippen LogP contribution >= 0.6 is 27.3 Å². The van der Waals surface area contributed by atoms with E-state index >= 15 is 0 Å². The van der Waals surface area contributed by atoms with Crippen molar-refractivity contribution in [3.05, 3.63) is 35.0 Å². The first-order chi connectivity index (χ1) is 9.61. The number of alkyl halides is 1. The zero-order valence-electron chi connectivity index (χ0n) is 10.9. The van der Waals surface area contributed by atoms with Gasteiger partial charge >= 0.3 is 0 Å². The molecular weight excluding hydrogens is 341 g/mol. The highest BCUT2D eigenvalue weighted by Crippen LogP contribution is 2.28. The summed E-state index contributed by atoms with van der Waals surface area (Å²) in [5, 5.41) is 4.01. The first-order valence-corrected chi connectivity index (χ1v) is 8.49. The Balaban J connectivity index is 1.72. The van der Waals surface area contributed by atoms with Gasteiger partial charge in [0.15, 0.2) is 0 Å². The number of benzene rings is 1. The molecule has 2 nitrogen and oxygen atoms in total. The molecule has 0 aliphatic heterocycles. The van der Waals surface area contributed by atoms with Crippen LogP contribution in [0.1, 0.15) is 35.4 Å². The van der Waals surface area contributed by atoms with Gasteiger partial charge in [-0.1, -0.05) is 22.0 Å². The van der Waals surface area contributed by atoms with Gasteiger partial charge in [0.2, 0.25) is 0 Å². The first kappa shape index (κ1) is 14.0. The van der Waals surface area contributed by atoms with Crippen LogP contribution in [-0.2, 0) is 0 Å². The summed E-state index contributed by atoms with van der Waals surface area (Å²) in [4.78, 5) is 13.5. The Kier molecular flexibility index (Phi) is 4.08. The lowest BCUT2D eigenvalue weighted by Gasteiger charge is -2.25. The Bertz CT molecular complexity index is 634. The third-order valence-corrected chi connectivity index (χ3v) is 5.71. The van der Waals surface area contributed by atoms with Crippen molar-refractivity contribution < 1.29 is 9.18 Å². The molecule has 1 amide bonds. The first-order valence-electron chi connectivity index (χ1n) is 6.76. The smallest absolute Gasteiger partial charge is 0.261 e. The van der Waals surface area contributed by atoms with E-state index in [0.29, 0.717) is 9.70 Å². The van der Waals surface area contributed by atoms with Gasteiger partial charge in [-0.3, -0.25) is 4.79 Å². The predicted molar refractivity (Wildman–Crippen MR) is 84.2 cm³/mol. The van der Waals surface area contributed by atoms with E-state index in [-0.39, 0.29) is 17.8 Å². The Morgan fingerprint density at radius 1 is 1.25 bits per heavy atom. The molecule has 106 valence electrons. The average molecular weight is 356 g/mol. The van der Waals surface area contributed by atoms with E-state index in [1.807, 2.05) is 6.07 Å². The highest BCUT2D eigenvalue weighted by Gasteiger charge is 2.21. The summed E-state index contributed by atoms with van der Waals surface area (Å²) in [5.74, 6) is -0.299. The molecule has 0 atom stereocenters. The standard InChI is InChI=1S/C15H15BrFNOS/c16-10-2-5-12(6-3-10)18-15(19)14-7-9-1-4-11(17)8-13(9)20-14/h1,4,7-8,10,12H,2-3,5-6H2,(H,18,19). The van der Waals surface area contributed by atoms with E-state index < -0.39 is 0 Å². The maximum Gasteiger partial charge on any atom is 0.261 e. The van der Waals surface area contributed by atoms with E-state index in [2.05, 4.69) is 21.2 Å². The number of carbonyl (C=O) groups excluding carboxylic acids is 1. The largest absolute Gasteiger partial charge is 0.349 e. The van der Waals surface area contributed by atoms with E-state index in [9.17, 15) is 9.18 Å². The molecule has 0 spiro atoms. The van der Waals surface area contributed by atoms with Crippen molar-refractivity contribution in [2.45, 2.75) is 36.6 Å². The summed E-state index contributed by atoms with van der Waals surface area (Å²) in [6.45, 7) is 0. The lowest BCUT2D eigenvalue weighted by molar-refractivity contribution is 0.0932. The predicted octanol–water partition coefficient (Wildman–Crippen LogP) is 4.48. The third kappa shape index (κ3) is 3.04. The number of halogens is 2. The third-order valence-electron chi connectivity index (χ3n) is 3.70. The van der Waals surface area contributed by atoms with Crippen LogP contribution in [0, 0.1) is 5.82 Å². The van der Waals surface area contributed by atoms with Gasteiger partial charge in [-0.15, -0.1) is 11.3 Å². The maximum atomic E-state index is 13.2. The summed E-state index contributed by atoms with van der Waals surface area (Å²) < 4.78 is 14.0. The van der Waals surface area contributed by atoms with E-state index in [1.165, 1.54) is 23.5 Å². The van der Waals surface area contributed by atoms with Crippen molar-refractivity contribution in [1.29, 1.82) is 0 Å². The summed E-state index contributed by atoms with van der Waals surface area (Å²) >= 11 is 4.96. The molecular formula is C15H15BrFNOS. The highest BCUT2D eigenvalue weighted by molar-refractivity contribution is 9.09. The van der Waals surface area contributed by atoms with Crippen molar-refractivity contribution in [2.75, 3.05) is 0 Å². The number of amides is 1. The lowest BCUT2D eigenvalue weighted by atomic mass is 9.95. The van der Waals surface area contributed by atoms with Crippen LogP contribution < -0.4 is 5.32 Å². The van der Waals surface area contributed by atoms with Crippen molar-refractivity contribution in [3.63, 3.8) is 0 Å². The molecule has 0 unspecified atom stereocenters. The quantitative estimate of drug-likeness (QED) is 0.790. The number of hydrogen-bond donors (Lipinski definition) is 1. The second-order valence-electron chi connectivity index (χ2n) is 5.22. The zero-order valence-corrected chi connectivity index (χ0v) is 13.3. The molecule has 1 heterocycles. The number of fused-ring (bicyclic) bond motifs is 1. The fraction of sp³-hybridized carbons (Fsp3) is 0.400. The van der Waals surface area contributed by atoms with Crippen LogP contribution in [0.15, 0.2) is 24.3 Å². The fourth-order valence-electron chi connectivity index (χ4n) is 2.57. The van der Waals surface area contributed by atoms with Gasteiger partial charge in [-0.25, -0.2) is 4.39 Å². The van der Waals surface area contributed by atoms with Crippen molar-refractivity contribution in [3.8, 4) is 0 Å². The molecule has 1 fully saturated rings. The van der Waals surface area contributed by atoms with Gasteiger partial charge in [0.25, 0.3) is 5.91 Å². The number of nitrogens with one attached hydrogen (secondary N) is 1. The molecule has 0 saturated heterocycles. The molecule has 1 N–H and O–H groups in total.